The van der Waals surface area contributed by atoms with Gasteiger partial charge in [-0.3, -0.25) is 14.9 Å². The molecular weight excluding hydrogens is 294 g/mol. The van der Waals surface area contributed by atoms with Crippen LogP contribution in [0.25, 0.3) is 0 Å². The van der Waals surface area contributed by atoms with Gasteiger partial charge in [0.25, 0.3) is 5.69 Å². The maximum atomic E-state index is 12.2. The Kier molecular flexibility index (Phi) is 4.50. The number of nitro groups is 1. The fourth-order valence-corrected chi connectivity index (χ4v) is 3.44. The van der Waals surface area contributed by atoms with Crippen molar-refractivity contribution in [2.45, 2.75) is 25.7 Å². The van der Waals surface area contributed by atoms with E-state index in [9.17, 15) is 14.9 Å². The van der Waals surface area contributed by atoms with E-state index in [1.54, 1.807) is 18.2 Å². The summed E-state index contributed by atoms with van der Waals surface area (Å²) in [6.45, 7) is 0. The van der Waals surface area contributed by atoms with E-state index in [1.165, 1.54) is 12.3 Å². The highest BCUT2D eigenvalue weighted by Crippen LogP contribution is 2.52. The first-order valence-corrected chi connectivity index (χ1v) is 7.90. The molecule has 6 nitrogen and oxygen atoms in total. The molecule has 120 valence electrons. The quantitative estimate of drug-likeness (QED) is 0.401. The number of hydrazone groups is 1. The Labute approximate surface area is 134 Å². The molecule has 1 N–H and O–H groups in total. The maximum Gasteiger partial charge on any atom is 0.278 e. The fraction of sp³-hybridized carbons (Fsp3) is 0.412. The van der Waals surface area contributed by atoms with Gasteiger partial charge >= 0.3 is 0 Å². The van der Waals surface area contributed by atoms with E-state index in [0.717, 1.165) is 25.7 Å². The number of carbonyl (C=O) groups excluding carboxylic acids is 1. The molecule has 1 saturated carbocycles. The molecule has 6 heteroatoms. The minimum Gasteiger partial charge on any atom is -0.273 e. The predicted molar refractivity (Wildman–Crippen MR) is 86.9 cm³/mol. The minimum atomic E-state index is -0.460. The van der Waals surface area contributed by atoms with E-state index < -0.39 is 4.92 Å². The zero-order valence-corrected chi connectivity index (χ0v) is 12.7. The molecule has 2 aliphatic carbocycles. The first-order valence-electron chi connectivity index (χ1n) is 7.90. The number of hydrogen-bond donors (Lipinski definition) is 1. The Morgan fingerprint density at radius 1 is 1.22 bits per heavy atom. The molecule has 1 fully saturated rings. The number of hydrogen-bond acceptors (Lipinski definition) is 4. The second-order valence-electron chi connectivity index (χ2n) is 6.03. The summed E-state index contributed by atoms with van der Waals surface area (Å²) in [5, 5.41) is 14.8. The van der Waals surface area contributed by atoms with Gasteiger partial charge in [-0.15, -0.1) is 0 Å². The van der Waals surface area contributed by atoms with Gasteiger partial charge < -0.3 is 0 Å². The number of rotatable bonds is 4. The van der Waals surface area contributed by atoms with Crippen LogP contribution in [-0.2, 0) is 4.79 Å². The van der Waals surface area contributed by atoms with Gasteiger partial charge in [0.1, 0.15) is 0 Å². The summed E-state index contributed by atoms with van der Waals surface area (Å²) < 4.78 is 0. The zero-order chi connectivity index (χ0) is 16.2. The average molecular weight is 313 g/mol. The summed E-state index contributed by atoms with van der Waals surface area (Å²) in [4.78, 5) is 22.7. The van der Waals surface area contributed by atoms with Crippen LogP contribution < -0.4 is 5.43 Å². The van der Waals surface area contributed by atoms with E-state index in [4.69, 9.17) is 0 Å². The zero-order valence-electron chi connectivity index (χ0n) is 12.7. The molecule has 3 rings (SSSR count). The summed E-state index contributed by atoms with van der Waals surface area (Å²) in [5.41, 5.74) is 2.90. The van der Waals surface area contributed by atoms with Crippen LogP contribution in [0.5, 0.6) is 0 Å². The Balaban J connectivity index is 1.59. The Morgan fingerprint density at radius 2 is 1.87 bits per heavy atom. The lowest BCUT2D eigenvalue weighted by Gasteiger charge is -1.99. The Morgan fingerprint density at radius 3 is 2.52 bits per heavy atom. The van der Waals surface area contributed by atoms with E-state index in [0.29, 0.717) is 17.4 Å². The van der Waals surface area contributed by atoms with Crippen LogP contribution in [0.2, 0.25) is 0 Å². The average Bonchev–Trinajstić information content (AvgIpc) is 3.18. The summed E-state index contributed by atoms with van der Waals surface area (Å²) >= 11 is 0. The van der Waals surface area contributed by atoms with Crippen molar-refractivity contribution in [1.29, 1.82) is 0 Å². The molecule has 0 unspecified atom stereocenters. The molecular formula is C17H19N3O3. The normalized spacial score (nSPS) is 26.2. The fourth-order valence-electron chi connectivity index (χ4n) is 3.44. The number of nitrogens with zero attached hydrogens (tertiary/aromatic N) is 2. The van der Waals surface area contributed by atoms with E-state index in [1.807, 2.05) is 0 Å². The van der Waals surface area contributed by atoms with Crippen molar-refractivity contribution in [3.8, 4) is 0 Å². The lowest BCUT2D eigenvalue weighted by Crippen LogP contribution is -2.21. The monoisotopic (exact) mass is 313 g/mol. The Bertz CT molecular complexity index is 653. The molecule has 1 aromatic carbocycles. The topological polar surface area (TPSA) is 84.6 Å². The van der Waals surface area contributed by atoms with Gasteiger partial charge in [0.2, 0.25) is 5.91 Å². The third-order valence-corrected chi connectivity index (χ3v) is 4.65. The highest BCUT2D eigenvalue weighted by Gasteiger charge is 2.53. The smallest absolute Gasteiger partial charge is 0.273 e. The lowest BCUT2D eigenvalue weighted by atomic mass is 10.1. The SMILES string of the molecule is O=C(NN=Cc1ccccc1[N+](=O)[O-])C1[C@@H]2CCC=CCC[C@@H]12. The van der Waals surface area contributed by atoms with Crippen LogP contribution in [0.15, 0.2) is 41.5 Å². The van der Waals surface area contributed by atoms with Crippen LogP contribution in [0, 0.1) is 27.9 Å². The second kappa shape index (κ2) is 6.73. The van der Waals surface area contributed by atoms with E-state index in [2.05, 4.69) is 22.7 Å². The molecule has 1 aromatic rings. The molecule has 2 atom stereocenters. The van der Waals surface area contributed by atoms with E-state index in [-0.39, 0.29) is 17.5 Å². The van der Waals surface area contributed by atoms with Gasteiger partial charge in [0.15, 0.2) is 0 Å². The molecule has 1 amide bonds. The van der Waals surface area contributed by atoms with Crippen LogP contribution in [0.4, 0.5) is 5.69 Å². The molecule has 2 aliphatic rings. The van der Waals surface area contributed by atoms with Gasteiger partial charge in [0.05, 0.1) is 16.7 Å². The second-order valence-corrected chi connectivity index (χ2v) is 6.03. The molecule has 0 heterocycles. The van der Waals surface area contributed by atoms with Gasteiger partial charge in [-0.2, -0.15) is 5.10 Å². The van der Waals surface area contributed by atoms with Crippen LogP contribution in [0.3, 0.4) is 0 Å². The number of nitrogens with one attached hydrogen (secondary N) is 1. The van der Waals surface area contributed by atoms with Gasteiger partial charge in [-0.25, -0.2) is 5.43 Å². The molecule has 0 radical (unpaired) electrons. The van der Waals surface area contributed by atoms with Gasteiger partial charge in [-0.1, -0.05) is 24.3 Å². The predicted octanol–water partition coefficient (Wildman–Crippen LogP) is 3.04. The van der Waals surface area contributed by atoms with Crippen molar-refractivity contribution in [2.24, 2.45) is 22.9 Å². The molecule has 23 heavy (non-hydrogen) atoms. The maximum absolute atomic E-state index is 12.2. The number of nitro benzene ring substituents is 1. The van der Waals surface area contributed by atoms with Crippen molar-refractivity contribution in [1.82, 2.24) is 5.43 Å². The minimum absolute atomic E-state index is 0.0235. The van der Waals surface area contributed by atoms with Crippen LogP contribution in [0.1, 0.15) is 31.2 Å². The van der Waals surface area contributed by atoms with Gasteiger partial charge in [0, 0.05) is 12.0 Å². The Hall–Kier alpha value is -2.50. The third kappa shape index (κ3) is 3.47. The molecule has 0 aromatic heterocycles. The largest absolute Gasteiger partial charge is 0.278 e. The summed E-state index contributed by atoms with van der Waals surface area (Å²) in [6.07, 6.45) is 9.88. The standard InChI is InChI=1S/C17H19N3O3/c21-17(16-13-8-3-1-2-4-9-14(13)16)19-18-11-12-7-5-6-10-15(12)20(22)23/h1-2,5-7,10-11,13-14,16H,3-4,8-9H2,(H,19,21)/t13-,14-/m1/s1. The molecule has 0 spiro atoms. The number of para-hydroxylation sites is 1. The van der Waals surface area contributed by atoms with Crippen LogP contribution >= 0.6 is 0 Å². The number of fused-ring (bicyclic) bond motifs is 1. The summed E-state index contributed by atoms with van der Waals surface area (Å²) in [5.74, 6) is 0.886. The number of amides is 1. The molecule has 0 bridgehead atoms. The first kappa shape index (κ1) is 15.4. The van der Waals surface area contributed by atoms with Crippen molar-refractivity contribution in [2.75, 3.05) is 0 Å². The first-order chi connectivity index (χ1) is 11.2. The van der Waals surface area contributed by atoms with E-state index >= 15 is 0 Å². The van der Waals surface area contributed by atoms with Crippen molar-refractivity contribution in [3.63, 3.8) is 0 Å². The van der Waals surface area contributed by atoms with Crippen LogP contribution in [-0.4, -0.2) is 17.0 Å². The number of benzene rings is 1. The summed E-state index contributed by atoms with van der Waals surface area (Å²) in [7, 11) is 0. The highest BCUT2D eigenvalue weighted by atomic mass is 16.6. The van der Waals surface area contributed by atoms with Crippen molar-refractivity contribution < 1.29 is 9.72 Å². The third-order valence-electron chi connectivity index (χ3n) is 4.65. The number of carbonyl (C=O) groups is 1. The van der Waals surface area contributed by atoms with Crippen molar-refractivity contribution >= 4 is 17.8 Å². The highest BCUT2D eigenvalue weighted by molar-refractivity contribution is 5.87. The summed E-state index contributed by atoms with van der Waals surface area (Å²) in [6, 6.07) is 6.32. The number of allylic oxidation sites excluding steroid dienone is 2. The lowest BCUT2D eigenvalue weighted by molar-refractivity contribution is -0.385. The molecule has 0 saturated heterocycles. The molecule has 0 aliphatic heterocycles. The van der Waals surface area contributed by atoms with Crippen molar-refractivity contribution in [3.05, 3.63) is 52.1 Å². The van der Waals surface area contributed by atoms with Gasteiger partial charge in [-0.05, 0) is 43.6 Å².